The van der Waals surface area contributed by atoms with E-state index in [1.165, 1.54) is 6.42 Å². The Kier molecular flexibility index (Phi) is 4.77. The zero-order valence-corrected chi connectivity index (χ0v) is 13.0. The van der Waals surface area contributed by atoms with Crippen LogP contribution in [0.4, 0.5) is 0 Å². The van der Waals surface area contributed by atoms with Crippen LogP contribution in [0.25, 0.3) is 0 Å². The van der Waals surface area contributed by atoms with Gasteiger partial charge in [0.1, 0.15) is 5.82 Å². The van der Waals surface area contributed by atoms with Crippen molar-refractivity contribution < 1.29 is 4.74 Å². The van der Waals surface area contributed by atoms with Gasteiger partial charge in [-0.2, -0.15) is 0 Å². The van der Waals surface area contributed by atoms with E-state index < -0.39 is 0 Å². The van der Waals surface area contributed by atoms with Crippen molar-refractivity contribution in [1.29, 1.82) is 0 Å². The van der Waals surface area contributed by atoms with Crippen molar-refractivity contribution in [3.05, 3.63) is 25.4 Å². The van der Waals surface area contributed by atoms with Crippen molar-refractivity contribution in [2.45, 2.75) is 51.6 Å². The minimum absolute atomic E-state index is 0.0277. The topological polar surface area (TPSA) is 55.0 Å². The van der Waals surface area contributed by atoms with Gasteiger partial charge < -0.3 is 9.72 Å². The highest BCUT2D eigenvalue weighted by molar-refractivity contribution is 14.1. The molecule has 1 aromatic rings. The van der Waals surface area contributed by atoms with E-state index >= 15 is 0 Å². The molecule has 1 unspecified atom stereocenters. The molecule has 2 rings (SSSR count). The largest absolute Gasteiger partial charge is 0.378 e. The van der Waals surface area contributed by atoms with E-state index in [0.29, 0.717) is 9.99 Å². The number of hydrogen-bond donors (Lipinski definition) is 1. The fraction of sp³-hybridized carbons (Fsp3) is 0.692. The molecule has 0 aliphatic carbocycles. The first-order valence-corrected chi connectivity index (χ1v) is 7.56. The summed E-state index contributed by atoms with van der Waals surface area (Å²) in [4.78, 5) is 19.3. The molecule has 1 saturated heterocycles. The van der Waals surface area contributed by atoms with Crippen molar-refractivity contribution in [1.82, 2.24) is 9.97 Å². The highest BCUT2D eigenvalue weighted by Gasteiger charge is 2.18. The van der Waals surface area contributed by atoms with E-state index in [4.69, 9.17) is 4.74 Å². The molecule has 0 saturated carbocycles. The van der Waals surface area contributed by atoms with Crippen LogP contribution in [0.5, 0.6) is 0 Å². The maximum absolute atomic E-state index is 11.9. The van der Waals surface area contributed by atoms with Crippen LogP contribution in [0.2, 0.25) is 0 Å². The summed E-state index contributed by atoms with van der Waals surface area (Å²) in [5.41, 5.74) is 0.866. The van der Waals surface area contributed by atoms with Crippen LogP contribution < -0.4 is 5.56 Å². The molecule has 1 aliphatic rings. The molecule has 1 N–H and O–H groups in total. The Morgan fingerprint density at radius 1 is 1.50 bits per heavy atom. The first-order valence-electron chi connectivity index (χ1n) is 6.48. The molecule has 1 aromatic heterocycles. The molecule has 0 spiro atoms. The molecule has 2 heterocycles. The van der Waals surface area contributed by atoms with Gasteiger partial charge in [-0.15, -0.1) is 0 Å². The summed E-state index contributed by atoms with van der Waals surface area (Å²) >= 11 is 2.07. The first kappa shape index (κ1) is 14.0. The molecule has 5 heteroatoms. The first-order chi connectivity index (χ1) is 8.58. The summed E-state index contributed by atoms with van der Waals surface area (Å²) < 4.78 is 6.39. The Morgan fingerprint density at radius 3 is 2.89 bits per heavy atom. The smallest absolute Gasteiger partial charge is 0.264 e. The monoisotopic (exact) mass is 362 g/mol. The average Bonchev–Trinajstić information content (AvgIpc) is 2.34. The molecule has 0 bridgehead atoms. The average molecular weight is 362 g/mol. The fourth-order valence-electron chi connectivity index (χ4n) is 2.19. The Hall–Kier alpha value is -0.430. The predicted molar refractivity (Wildman–Crippen MR) is 79.0 cm³/mol. The third-order valence-corrected chi connectivity index (χ3v) is 4.22. The molecule has 1 fully saturated rings. The van der Waals surface area contributed by atoms with Crippen molar-refractivity contribution in [2.24, 2.45) is 0 Å². The number of halogens is 1. The molecule has 0 aromatic carbocycles. The SMILES string of the molecule is CC(C)c1nc(CC2CCCCO2)[nH]c(=O)c1I. The van der Waals surface area contributed by atoms with Crippen LogP contribution in [0.15, 0.2) is 4.79 Å². The number of ether oxygens (including phenoxy) is 1. The van der Waals surface area contributed by atoms with E-state index in [-0.39, 0.29) is 17.6 Å². The Balaban J connectivity index is 2.20. The molecule has 18 heavy (non-hydrogen) atoms. The van der Waals surface area contributed by atoms with Gasteiger partial charge in [0.25, 0.3) is 5.56 Å². The summed E-state index contributed by atoms with van der Waals surface area (Å²) in [7, 11) is 0. The molecular weight excluding hydrogens is 343 g/mol. The summed E-state index contributed by atoms with van der Waals surface area (Å²) in [5.74, 6) is 1.03. The molecule has 4 nitrogen and oxygen atoms in total. The minimum Gasteiger partial charge on any atom is -0.378 e. The lowest BCUT2D eigenvalue weighted by molar-refractivity contribution is 0.0155. The number of rotatable bonds is 3. The van der Waals surface area contributed by atoms with E-state index in [1.807, 2.05) is 0 Å². The number of H-pyrrole nitrogens is 1. The molecule has 0 radical (unpaired) electrons. The lowest BCUT2D eigenvalue weighted by Gasteiger charge is -2.22. The number of hydrogen-bond acceptors (Lipinski definition) is 3. The van der Waals surface area contributed by atoms with Crippen LogP contribution in [0.1, 0.15) is 50.5 Å². The van der Waals surface area contributed by atoms with E-state index in [0.717, 1.165) is 31.0 Å². The minimum atomic E-state index is -0.0277. The molecular formula is C13H19IN2O2. The lowest BCUT2D eigenvalue weighted by atomic mass is 10.1. The van der Waals surface area contributed by atoms with Crippen molar-refractivity contribution in [3.8, 4) is 0 Å². The maximum Gasteiger partial charge on any atom is 0.264 e. The molecule has 0 amide bonds. The van der Waals surface area contributed by atoms with Crippen molar-refractivity contribution in [3.63, 3.8) is 0 Å². The second-order valence-corrected chi connectivity index (χ2v) is 6.14. The van der Waals surface area contributed by atoms with Crippen molar-refractivity contribution >= 4 is 22.6 Å². The molecule has 1 aliphatic heterocycles. The summed E-state index contributed by atoms with van der Waals surface area (Å²) in [6.45, 7) is 4.95. The van der Waals surface area contributed by atoms with E-state index in [9.17, 15) is 4.79 Å². The van der Waals surface area contributed by atoms with Crippen LogP contribution in [0.3, 0.4) is 0 Å². The molecule has 1 atom stereocenters. The van der Waals surface area contributed by atoms with Gasteiger partial charge in [-0.3, -0.25) is 4.79 Å². The van der Waals surface area contributed by atoms with Crippen LogP contribution in [0, 0.1) is 3.57 Å². The summed E-state index contributed by atoms with van der Waals surface area (Å²) in [5, 5.41) is 0. The number of aromatic nitrogens is 2. The van der Waals surface area contributed by atoms with Crippen LogP contribution in [-0.4, -0.2) is 22.7 Å². The third kappa shape index (κ3) is 3.32. The van der Waals surface area contributed by atoms with Crippen LogP contribution in [-0.2, 0) is 11.2 Å². The van der Waals surface area contributed by atoms with Gasteiger partial charge in [0.15, 0.2) is 0 Å². The third-order valence-electron chi connectivity index (χ3n) is 3.18. The van der Waals surface area contributed by atoms with Crippen LogP contribution >= 0.6 is 22.6 Å². The van der Waals surface area contributed by atoms with Gasteiger partial charge in [0.05, 0.1) is 15.4 Å². The highest BCUT2D eigenvalue weighted by atomic mass is 127. The zero-order chi connectivity index (χ0) is 13.1. The predicted octanol–water partition coefficient (Wildman–Crippen LogP) is 2.61. The summed E-state index contributed by atoms with van der Waals surface area (Å²) in [6, 6.07) is 0. The quantitative estimate of drug-likeness (QED) is 0.842. The second-order valence-electron chi connectivity index (χ2n) is 5.06. The standard InChI is InChI=1S/C13H19IN2O2/c1-8(2)12-11(14)13(17)16-10(15-12)7-9-5-3-4-6-18-9/h8-9H,3-7H2,1-2H3,(H,15,16,17). The molecule has 100 valence electrons. The number of nitrogens with one attached hydrogen (secondary N) is 1. The van der Waals surface area contributed by atoms with Gasteiger partial charge in [-0.05, 0) is 47.8 Å². The van der Waals surface area contributed by atoms with Gasteiger partial charge in [-0.25, -0.2) is 4.98 Å². The second kappa shape index (κ2) is 6.14. The lowest BCUT2D eigenvalue weighted by Crippen LogP contribution is -2.26. The Labute approximate surface area is 121 Å². The maximum atomic E-state index is 11.9. The normalized spacial score (nSPS) is 20.3. The van der Waals surface area contributed by atoms with Gasteiger partial charge >= 0.3 is 0 Å². The van der Waals surface area contributed by atoms with E-state index in [2.05, 4.69) is 46.4 Å². The summed E-state index contributed by atoms with van der Waals surface area (Å²) in [6.07, 6.45) is 4.33. The van der Waals surface area contributed by atoms with Gasteiger partial charge in [0.2, 0.25) is 0 Å². The number of nitrogens with zero attached hydrogens (tertiary/aromatic N) is 1. The Bertz CT molecular complexity index is 465. The highest BCUT2D eigenvalue weighted by Crippen LogP contribution is 2.18. The number of aromatic amines is 1. The van der Waals surface area contributed by atoms with Crippen molar-refractivity contribution in [2.75, 3.05) is 6.61 Å². The van der Waals surface area contributed by atoms with Gasteiger partial charge in [-0.1, -0.05) is 13.8 Å². The zero-order valence-electron chi connectivity index (χ0n) is 10.8. The fourth-order valence-corrected chi connectivity index (χ4v) is 3.07. The van der Waals surface area contributed by atoms with E-state index in [1.54, 1.807) is 0 Å². The van der Waals surface area contributed by atoms with Gasteiger partial charge in [0, 0.05) is 13.0 Å². The Morgan fingerprint density at radius 2 is 2.28 bits per heavy atom.